The van der Waals surface area contributed by atoms with Crippen LogP contribution in [-0.4, -0.2) is 12.0 Å². The van der Waals surface area contributed by atoms with E-state index in [-0.39, 0.29) is 0 Å². The highest BCUT2D eigenvalue weighted by Crippen LogP contribution is 2.03. The lowest BCUT2D eigenvalue weighted by atomic mass is 10.4. The maximum absolute atomic E-state index is 12.2. The summed E-state index contributed by atoms with van der Waals surface area (Å²) in [5.41, 5.74) is 0.738. The fourth-order valence-electron chi connectivity index (χ4n) is 0.558. The highest BCUT2D eigenvalue weighted by Gasteiger charge is 1.89. The molecule has 1 rings (SSSR count). The predicted molar refractivity (Wildman–Crippen MR) is 45.1 cm³/mol. The monoisotopic (exact) mass is 156 g/mol. The van der Waals surface area contributed by atoms with Crippen LogP contribution in [0.15, 0.2) is 18.3 Å². The molecule has 0 unspecified atom stereocenters. The molecule has 0 saturated heterocycles. The molecule has 0 aliphatic carbocycles. The van der Waals surface area contributed by atoms with Crippen molar-refractivity contribution in [3.63, 3.8) is 0 Å². The normalized spacial score (nSPS) is 8.00. The molecular formula is C8H13FN2. The van der Waals surface area contributed by atoms with Crippen molar-refractivity contribution >= 4 is 5.69 Å². The Bertz CT molecular complexity index is 201. The van der Waals surface area contributed by atoms with E-state index in [1.165, 1.54) is 12.3 Å². The van der Waals surface area contributed by atoms with E-state index in [0.29, 0.717) is 0 Å². The summed E-state index contributed by atoms with van der Waals surface area (Å²) in [7, 11) is 1.73. The first-order valence-corrected chi connectivity index (χ1v) is 3.62. The molecule has 0 fully saturated rings. The largest absolute Gasteiger partial charge is 0.388 e. The number of nitrogens with zero attached hydrogens (tertiary/aromatic N) is 1. The molecule has 0 amide bonds. The Morgan fingerprint density at radius 1 is 1.45 bits per heavy atom. The smallest absolute Gasteiger partial charge is 0.214 e. The van der Waals surface area contributed by atoms with E-state index < -0.39 is 5.95 Å². The Hall–Kier alpha value is -1.12. The summed E-state index contributed by atoms with van der Waals surface area (Å²) >= 11 is 0. The topological polar surface area (TPSA) is 24.9 Å². The van der Waals surface area contributed by atoms with E-state index in [0.717, 1.165) is 5.69 Å². The van der Waals surface area contributed by atoms with Crippen LogP contribution in [0.3, 0.4) is 0 Å². The summed E-state index contributed by atoms with van der Waals surface area (Å²) in [6, 6.07) is 3.03. The van der Waals surface area contributed by atoms with Crippen molar-refractivity contribution in [2.45, 2.75) is 13.8 Å². The standard InChI is InChI=1S/C6H7FN2.C2H6/c1-8-5-2-3-9-6(7)4-5;1-2/h2-4H,1H3,(H,8,9);1-2H3. The second-order valence-electron chi connectivity index (χ2n) is 1.62. The highest BCUT2D eigenvalue weighted by atomic mass is 19.1. The average Bonchev–Trinajstić information content (AvgIpc) is 2.08. The van der Waals surface area contributed by atoms with Crippen LogP contribution < -0.4 is 5.32 Å². The molecule has 62 valence electrons. The predicted octanol–water partition coefficient (Wildman–Crippen LogP) is 2.29. The molecule has 1 aromatic rings. The summed E-state index contributed by atoms with van der Waals surface area (Å²) < 4.78 is 12.2. The zero-order valence-electron chi connectivity index (χ0n) is 7.06. The molecule has 1 aromatic heterocycles. The minimum absolute atomic E-state index is 0.457. The van der Waals surface area contributed by atoms with Crippen LogP contribution >= 0.6 is 0 Å². The molecular weight excluding hydrogens is 143 g/mol. The third kappa shape index (κ3) is 3.55. The second-order valence-corrected chi connectivity index (χ2v) is 1.62. The van der Waals surface area contributed by atoms with Gasteiger partial charge in [0, 0.05) is 25.0 Å². The van der Waals surface area contributed by atoms with Crippen molar-refractivity contribution in [2.24, 2.45) is 0 Å². The number of aromatic nitrogens is 1. The molecule has 11 heavy (non-hydrogen) atoms. The summed E-state index contributed by atoms with van der Waals surface area (Å²) in [5, 5.41) is 2.79. The Morgan fingerprint density at radius 2 is 2.09 bits per heavy atom. The van der Waals surface area contributed by atoms with Gasteiger partial charge in [-0.25, -0.2) is 4.98 Å². The van der Waals surface area contributed by atoms with Gasteiger partial charge < -0.3 is 5.32 Å². The minimum atomic E-state index is -0.457. The molecule has 0 aliphatic heterocycles. The molecule has 0 bridgehead atoms. The van der Waals surface area contributed by atoms with Crippen LogP contribution in [0.5, 0.6) is 0 Å². The zero-order valence-corrected chi connectivity index (χ0v) is 7.06. The van der Waals surface area contributed by atoms with Crippen LogP contribution in [0.25, 0.3) is 0 Å². The molecule has 0 saturated carbocycles. The van der Waals surface area contributed by atoms with Crippen LogP contribution in [0, 0.1) is 5.95 Å². The zero-order chi connectivity index (χ0) is 8.69. The van der Waals surface area contributed by atoms with Gasteiger partial charge in [-0.1, -0.05) is 13.8 Å². The van der Waals surface area contributed by atoms with E-state index in [1.54, 1.807) is 13.1 Å². The van der Waals surface area contributed by atoms with Gasteiger partial charge in [0.25, 0.3) is 0 Å². The lowest BCUT2D eigenvalue weighted by molar-refractivity contribution is 0.584. The lowest BCUT2D eigenvalue weighted by Gasteiger charge is -1.95. The summed E-state index contributed by atoms with van der Waals surface area (Å²) in [6.07, 6.45) is 1.42. The first-order valence-electron chi connectivity index (χ1n) is 3.62. The number of anilines is 1. The molecule has 2 nitrogen and oxygen atoms in total. The van der Waals surface area contributed by atoms with Gasteiger partial charge in [-0.05, 0) is 6.07 Å². The fraction of sp³-hybridized carbons (Fsp3) is 0.375. The SMILES string of the molecule is CC.CNc1ccnc(F)c1. The maximum atomic E-state index is 12.2. The van der Waals surface area contributed by atoms with Gasteiger partial charge >= 0.3 is 0 Å². The fourth-order valence-corrected chi connectivity index (χ4v) is 0.558. The van der Waals surface area contributed by atoms with Crippen molar-refractivity contribution < 1.29 is 4.39 Å². The molecule has 0 aliphatic rings. The van der Waals surface area contributed by atoms with Gasteiger partial charge in [-0.2, -0.15) is 4.39 Å². The molecule has 0 radical (unpaired) electrons. The number of hydrogen-bond acceptors (Lipinski definition) is 2. The van der Waals surface area contributed by atoms with Crippen LogP contribution in [-0.2, 0) is 0 Å². The molecule has 3 heteroatoms. The van der Waals surface area contributed by atoms with Crippen molar-refractivity contribution in [1.29, 1.82) is 0 Å². The van der Waals surface area contributed by atoms with Gasteiger partial charge in [0.1, 0.15) is 0 Å². The number of pyridine rings is 1. The third-order valence-corrected chi connectivity index (χ3v) is 1.02. The molecule has 0 atom stereocenters. The van der Waals surface area contributed by atoms with Crippen molar-refractivity contribution in [2.75, 3.05) is 12.4 Å². The Labute approximate surface area is 66.5 Å². The molecule has 1 N–H and O–H groups in total. The Kier molecular flexibility index (Phi) is 5.07. The molecule has 1 heterocycles. The number of rotatable bonds is 1. The van der Waals surface area contributed by atoms with Crippen LogP contribution in [0.4, 0.5) is 10.1 Å². The summed E-state index contributed by atoms with van der Waals surface area (Å²) in [5.74, 6) is -0.457. The molecule has 0 aromatic carbocycles. The van der Waals surface area contributed by atoms with E-state index in [2.05, 4.69) is 10.3 Å². The lowest BCUT2D eigenvalue weighted by Crippen LogP contribution is -1.89. The molecule has 0 spiro atoms. The first kappa shape index (κ1) is 9.88. The quantitative estimate of drug-likeness (QED) is 0.631. The van der Waals surface area contributed by atoms with Crippen molar-refractivity contribution in [1.82, 2.24) is 4.98 Å². The van der Waals surface area contributed by atoms with Crippen molar-refractivity contribution in [3.05, 3.63) is 24.3 Å². The van der Waals surface area contributed by atoms with E-state index in [9.17, 15) is 4.39 Å². The van der Waals surface area contributed by atoms with E-state index in [1.807, 2.05) is 13.8 Å². The van der Waals surface area contributed by atoms with Gasteiger partial charge in [0.05, 0.1) is 0 Å². The van der Waals surface area contributed by atoms with Crippen molar-refractivity contribution in [3.8, 4) is 0 Å². The Balaban J connectivity index is 0.000000461. The van der Waals surface area contributed by atoms with Gasteiger partial charge in [0.2, 0.25) is 5.95 Å². The summed E-state index contributed by atoms with van der Waals surface area (Å²) in [4.78, 5) is 3.38. The first-order chi connectivity index (χ1) is 5.33. The van der Waals surface area contributed by atoms with Gasteiger partial charge in [0.15, 0.2) is 0 Å². The second kappa shape index (κ2) is 5.65. The Morgan fingerprint density at radius 3 is 2.45 bits per heavy atom. The average molecular weight is 156 g/mol. The number of hydrogen-bond donors (Lipinski definition) is 1. The van der Waals surface area contributed by atoms with E-state index in [4.69, 9.17) is 0 Å². The maximum Gasteiger partial charge on any atom is 0.214 e. The third-order valence-electron chi connectivity index (χ3n) is 1.02. The highest BCUT2D eigenvalue weighted by molar-refractivity contribution is 5.39. The van der Waals surface area contributed by atoms with E-state index >= 15 is 0 Å². The van der Waals surface area contributed by atoms with Crippen LogP contribution in [0.2, 0.25) is 0 Å². The number of nitrogens with one attached hydrogen (secondary N) is 1. The minimum Gasteiger partial charge on any atom is -0.388 e. The van der Waals surface area contributed by atoms with Gasteiger partial charge in [-0.3, -0.25) is 0 Å². The van der Waals surface area contributed by atoms with Gasteiger partial charge in [-0.15, -0.1) is 0 Å². The summed E-state index contributed by atoms with van der Waals surface area (Å²) in [6.45, 7) is 4.00. The number of halogens is 1. The van der Waals surface area contributed by atoms with Crippen LogP contribution in [0.1, 0.15) is 13.8 Å².